The molecule has 1 aliphatic heterocycles. The highest BCUT2D eigenvalue weighted by Crippen LogP contribution is 2.04. The topological polar surface area (TPSA) is 41.6 Å². The Balaban J connectivity index is 2.13. The van der Waals surface area contributed by atoms with Gasteiger partial charge < -0.3 is 10.1 Å². The normalized spacial score (nSPS) is 23.4. The third kappa shape index (κ3) is 3.64. The zero-order valence-corrected chi connectivity index (χ0v) is 9.08. The fourth-order valence-corrected chi connectivity index (χ4v) is 1.74. The Morgan fingerprint density at radius 1 is 1.64 bits per heavy atom. The van der Waals surface area contributed by atoms with Crippen LogP contribution in [0.3, 0.4) is 0 Å². The van der Waals surface area contributed by atoms with Gasteiger partial charge in [0.05, 0.1) is 7.11 Å². The molecule has 0 radical (unpaired) electrons. The van der Waals surface area contributed by atoms with Crippen LogP contribution in [-0.2, 0) is 9.53 Å². The smallest absolute Gasteiger partial charge is 0.305 e. The molecule has 1 saturated heterocycles. The van der Waals surface area contributed by atoms with Crippen LogP contribution in [0.25, 0.3) is 0 Å². The van der Waals surface area contributed by atoms with Gasteiger partial charge in [-0.2, -0.15) is 0 Å². The van der Waals surface area contributed by atoms with Gasteiger partial charge in [-0.1, -0.05) is 0 Å². The first-order valence-corrected chi connectivity index (χ1v) is 5.25. The van der Waals surface area contributed by atoms with Crippen molar-refractivity contribution >= 4 is 5.97 Å². The maximum absolute atomic E-state index is 10.9. The number of piperazine rings is 1. The average Bonchev–Trinajstić information content (AvgIpc) is 2.20. The second kappa shape index (κ2) is 5.98. The number of rotatable bonds is 4. The number of carbonyl (C=O) groups excluding carboxylic acids is 1. The Hall–Kier alpha value is -0.610. The van der Waals surface area contributed by atoms with Gasteiger partial charge in [0.25, 0.3) is 0 Å². The van der Waals surface area contributed by atoms with Gasteiger partial charge in [0.15, 0.2) is 0 Å². The van der Waals surface area contributed by atoms with Crippen molar-refractivity contribution in [3.63, 3.8) is 0 Å². The number of hydrogen-bond acceptors (Lipinski definition) is 4. The van der Waals surface area contributed by atoms with Gasteiger partial charge in [0.1, 0.15) is 0 Å². The fourth-order valence-electron chi connectivity index (χ4n) is 1.74. The van der Waals surface area contributed by atoms with Crippen LogP contribution in [0.4, 0.5) is 0 Å². The molecule has 82 valence electrons. The first-order valence-electron chi connectivity index (χ1n) is 5.25. The molecule has 1 N–H and O–H groups in total. The number of nitrogens with one attached hydrogen (secondary N) is 1. The summed E-state index contributed by atoms with van der Waals surface area (Å²) in [6.45, 7) is 6.41. The summed E-state index contributed by atoms with van der Waals surface area (Å²) >= 11 is 0. The van der Waals surface area contributed by atoms with Crippen LogP contribution < -0.4 is 5.32 Å². The minimum absolute atomic E-state index is 0.104. The molecule has 0 aromatic heterocycles. The van der Waals surface area contributed by atoms with Crippen molar-refractivity contribution in [2.24, 2.45) is 0 Å². The summed E-state index contributed by atoms with van der Waals surface area (Å²) in [5.41, 5.74) is 0. The van der Waals surface area contributed by atoms with Crippen LogP contribution in [-0.4, -0.2) is 50.2 Å². The SMILES string of the molecule is COC(=O)CCCN1CCNCC1C. The summed E-state index contributed by atoms with van der Waals surface area (Å²) < 4.78 is 4.60. The summed E-state index contributed by atoms with van der Waals surface area (Å²) in [5.74, 6) is -0.104. The fraction of sp³-hybridized carbons (Fsp3) is 0.900. The standard InChI is InChI=1S/C10H20N2O2/c1-9-8-11-5-7-12(9)6-3-4-10(13)14-2/h9,11H,3-8H2,1-2H3. The molecule has 1 rings (SSSR count). The Bertz CT molecular complexity index is 185. The molecule has 1 atom stereocenters. The number of esters is 1. The van der Waals surface area contributed by atoms with E-state index in [0.717, 1.165) is 32.6 Å². The summed E-state index contributed by atoms with van der Waals surface area (Å²) in [7, 11) is 1.44. The molecule has 0 aliphatic carbocycles. The van der Waals surface area contributed by atoms with E-state index in [1.807, 2.05) is 0 Å². The predicted molar refractivity (Wildman–Crippen MR) is 55.2 cm³/mol. The van der Waals surface area contributed by atoms with Gasteiger partial charge >= 0.3 is 5.97 Å². The third-order valence-corrected chi connectivity index (χ3v) is 2.69. The Kier molecular flexibility index (Phi) is 4.90. The van der Waals surface area contributed by atoms with Crippen molar-refractivity contribution in [1.82, 2.24) is 10.2 Å². The number of carbonyl (C=O) groups is 1. The molecule has 0 bridgehead atoms. The molecular formula is C10H20N2O2. The molecule has 0 saturated carbocycles. The highest BCUT2D eigenvalue weighted by Gasteiger charge is 2.17. The van der Waals surface area contributed by atoms with Crippen LogP contribution in [0.15, 0.2) is 0 Å². The lowest BCUT2D eigenvalue weighted by Gasteiger charge is -2.33. The Labute approximate surface area is 85.6 Å². The maximum Gasteiger partial charge on any atom is 0.305 e. The molecule has 0 amide bonds. The zero-order valence-electron chi connectivity index (χ0n) is 9.08. The van der Waals surface area contributed by atoms with E-state index < -0.39 is 0 Å². The van der Waals surface area contributed by atoms with E-state index in [2.05, 4.69) is 21.9 Å². The second-order valence-corrected chi connectivity index (χ2v) is 3.77. The molecule has 1 unspecified atom stereocenters. The lowest BCUT2D eigenvalue weighted by Crippen LogP contribution is -2.49. The van der Waals surface area contributed by atoms with Crippen LogP contribution in [0.2, 0.25) is 0 Å². The van der Waals surface area contributed by atoms with Gasteiger partial charge in [-0.25, -0.2) is 0 Å². The van der Waals surface area contributed by atoms with Crippen molar-refractivity contribution in [3.05, 3.63) is 0 Å². The Morgan fingerprint density at radius 2 is 2.43 bits per heavy atom. The van der Waals surface area contributed by atoms with Gasteiger partial charge in [-0.3, -0.25) is 9.69 Å². The second-order valence-electron chi connectivity index (χ2n) is 3.77. The largest absolute Gasteiger partial charge is 0.469 e. The van der Waals surface area contributed by atoms with Gasteiger partial charge in [-0.05, 0) is 19.9 Å². The van der Waals surface area contributed by atoms with Gasteiger partial charge in [0.2, 0.25) is 0 Å². The summed E-state index contributed by atoms with van der Waals surface area (Å²) in [6, 6.07) is 0.585. The van der Waals surface area contributed by atoms with Crippen LogP contribution in [0.1, 0.15) is 19.8 Å². The number of methoxy groups -OCH3 is 1. The van der Waals surface area contributed by atoms with Crippen molar-refractivity contribution in [2.45, 2.75) is 25.8 Å². The van der Waals surface area contributed by atoms with E-state index in [9.17, 15) is 4.79 Å². The number of nitrogens with zero attached hydrogens (tertiary/aromatic N) is 1. The van der Waals surface area contributed by atoms with E-state index in [4.69, 9.17) is 0 Å². The first kappa shape index (κ1) is 11.5. The minimum atomic E-state index is -0.104. The molecule has 4 nitrogen and oxygen atoms in total. The summed E-state index contributed by atoms with van der Waals surface area (Å²) in [6.07, 6.45) is 1.43. The lowest BCUT2D eigenvalue weighted by atomic mass is 10.2. The zero-order chi connectivity index (χ0) is 10.4. The summed E-state index contributed by atoms with van der Waals surface area (Å²) in [4.78, 5) is 13.3. The van der Waals surface area contributed by atoms with Crippen molar-refractivity contribution in [2.75, 3.05) is 33.3 Å². The Morgan fingerprint density at radius 3 is 3.07 bits per heavy atom. The van der Waals surface area contributed by atoms with Crippen molar-refractivity contribution in [3.8, 4) is 0 Å². The van der Waals surface area contributed by atoms with Gasteiger partial charge in [-0.15, -0.1) is 0 Å². The number of hydrogen-bond donors (Lipinski definition) is 1. The van der Waals surface area contributed by atoms with Crippen LogP contribution in [0.5, 0.6) is 0 Å². The lowest BCUT2D eigenvalue weighted by molar-refractivity contribution is -0.140. The van der Waals surface area contributed by atoms with E-state index >= 15 is 0 Å². The van der Waals surface area contributed by atoms with Crippen molar-refractivity contribution < 1.29 is 9.53 Å². The molecule has 0 aromatic carbocycles. The average molecular weight is 200 g/mol. The minimum Gasteiger partial charge on any atom is -0.469 e. The molecule has 14 heavy (non-hydrogen) atoms. The molecule has 0 spiro atoms. The maximum atomic E-state index is 10.9. The summed E-state index contributed by atoms with van der Waals surface area (Å²) in [5, 5.41) is 3.34. The number of ether oxygens (including phenoxy) is 1. The third-order valence-electron chi connectivity index (χ3n) is 2.69. The van der Waals surface area contributed by atoms with Gasteiger partial charge in [0, 0.05) is 32.1 Å². The molecule has 1 fully saturated rings. The van der Waals surface area contributed by atoms with E-state index in [1.165, 1.54) is 7.11 Å². The first-order chi connectivity index (χ1) is 6.74. The van der Waals surface area contributed by atoms with E-state index in [-0.39, 0.29) is 5.97 Å². The molecule has 0 aromatic rings. The molecule has 1 heterocycles. The van der Waals surface area contributed by atoms with E-state index in [0.29, 0.717) is 12.5 Å². The van der Waals surface area contributed by atoms with Crippen molar-refractivity contribution in [1.29, 1.82) is 0 Å². The quantitative estimate of drug-likeness (QED) is 0.660. The molecular weight excluding hydrogens is 180 g/mol. The predicted octanol–water partition coefficient (Wildman–Crippen LogP) is 0.233. The highest BCUT2D eigenvalue weighted by molar-refractivity contribution is 5.69. The molecule has 4 heteroatoms. The monoisotopic (exact) mass is 200 g/mol. The van der Waals surface area contributed by atoms with Crippen LogP contribution >= 0.6 is 0 Å². The van der Waals surface area contributed by atoms with Crippen LogP contribution in [0, 0.1) is 0 Å². The highest BCUT2D eigenvalue weighted by atomic mass is 16.5. The molecule has 1 aliphatic rings. The van der Waals surface area contributed by atoms with E-state index in [1.54, 1.807) is 0 Å².